The standard InChI is InChI=1S/C16H16Cl2N2S/c1-10(13-8-15(17)21-16(13)18)19-7-6-11-9-20-14-5-3-2-4-12(11)14/h2-5,8-10,19-20H,6-7H2,1H3. The Morgan fingerprint density at radius 1 is 1.29 bits per heavy atom. The maximum atomic E-state index is 6.19. The molecule has 0 saturated carbocycles. The molecule has 3 rings (SSSR count). The van der Waals surface area contributed by atoms with Gasteiger partial charge in [-0.15, -0.1) is 11.3 Å². The largest absolute Gasteiger partial charge is 0.361 e. The molecule has 2 heterocycles. The van der Waals surface area contributed by atoms with Gasteiger partial charge in [-0.3, -0.25) is 0 Å². The van der Waals surface area contributed by atoms with Crippen LogP contribution in [0.2, 0.25) is 8.67 Å². The van der Waals surface area contributed by atoms with E-state index < -0.39 is 0 Å². The van der Waals surface area contributed by atoms with Gasteiger partial charge in [-0.05, 0) is 43.1 Å². The van der Waals surface area contributed by atoms with Gasteiger partial charge in [0.1, 0.15) is 0 Å². The van der Waals surface area contributed by atoms with Crippen LogP contribution in [-0.2, 0) is 6.42 Å². The second-order valence-electron chi connectivity index (χ2n) is 5.06. The van der Waals surface area contributed by atoms with Crippen LogP contribution >= 0.6 is 34.5 Å². The van der Waals surface area contributed by atoms with E-state index in [0.717, 1.165) is 27.2 Å². The third-order valence-electron chi connectivity index (χ3n) is 3.67. The van der Waals surface area contributed by atoms with Crippen molar-refractivity contribution in [2.45, 2.75) is 19.4 Å². The van der Waals surface area contributed by atoms with E-state index in [0.29, 0.717) is 0 Å². The van der Waals surface area contributed by atoms with Gasteiger partial charge in [0.25, 0.3) is 0 Å². The normalized spacial score (nSPS) is 12.9. The molecule has 1 atom stereocenters. The molecule has 0 bridgehead atoms. The number of aromatic amines is 1. The van der Waals surface area contributed by atoms with E-state index in [1.807, 2.05) is 12.1 Å². The molecule has 3 aromatic rings. The fraction of sp³-hybridized carbons (Fsp3) is 0.250. The molecule has 110 valence electrons. The van der Waals surface area contributed by atoms with Gasteiger partial charge in [0, 0.05) is 23.1 Å². The Balaban J connectivity index is 1.62. The third-order valence-corrected chi connectivity index (χ3v) is 5.19. The molecule has 0 fully saturated rings. The molecule has 2 nitrogen and oxygen atoms in total. The summed E-state index contributed by atoms with van der Waals surface area (Å²) >= 11 is 13.6. The van der Waals surface area contributed by atoms with Crippen molar-refractivity contribution < 1.29 is 0 Å². The molecule has 2 aromatic heterocycles. The zero-order valence-electron chi connectivity index (χ0n) is 11.6. The predicted molar refractivity (Wildman–Crippen MR) is 92.8 cm³/mol. The Morgan fingerprint density at radius 3 is 2.86 bits per heavy atom. The quantitative estimate of drug-likeness (QED) is 0.637. The fourth-order valence-corrected chi connectivity index (χ4v) is 4.17. The summed E-state index contributed by atoms with van der Waals surface area (Å²) in [6.07, 6.45) is 3.06. The van der Waals surface area contributed by atoms with Crippen molar-refractivity contribution >= 4 is 45.4 Å². The smallest absolute Gasteiger partial charge is 0.0991 e. The first-order chi connectivity index (χ1) is 10.1. The van der Waals surface area contributed by atoms with Crippen LogP contribution in [0.1, 0.15) is 24.1 Å². The van der Waals surface area contributed by atoms with Crippen LogP contribution < -0.4 is 5.32 Å². The first-order valence-corrected chi connectivity index (χ1v) is 8.45. The van der Waals surface area contributed by atoms with Crippen LogP contribution in [0.3, 0.4) is 0 Å². The average molecular weight is 339 g/mol. The van der Waals surface area contributed by atoms with Crippen molar-refractivity contribution in [3.05, 3.63) is 56.3 Å². The second-order valence-corrected chi connectivity index (χ2v) is 7.35. The van der Waals surface area contributed by atoms with Crippen LogP contribution in [-0.4, -0.2) is 11.5 Å². The van der Waals surface area contributed by atoms with Gasteiger partial charge in [0.2, 0.25) is 0 Å². The molecule has 1 unspecified atom stereocenters. The first-order valence-electron chi connectivity index (χ1n) is 6.88. The van der Waals surface area contributed by atoms with Gasteiger partial charge in [0.05, 0.1) is 8.67 Å². The lowest BCUT2D eigenvalue weighted by Crippen LogP contribution is -2.21. The molecule has 0 aliphatic heterocycles. The van der Waals surface area contributed by atoms with Gasteiger partial charge in [0.15, 0.2) is 0 Å². The maximum Gasteiger partial charge on any atom is 0.0991 e. The van der Waals surface area contributed by atoms with E-state index in [2.05, 4.69) is 41.6 Å². The minimum atomic E-state index is 0.200. The number of hydrogen-bond donors (Lipinski definition) is 2. The number of rotatable bonds is 5. The Morgan fingerprint density at radius 2 is 2.10 bits per heavy atom. The molecule has 0 saturated heterocycles. The zero-order chi connectivity index (χ0) is 14.8. The van der Waals surface area contributed by atoms with Crippen molar-refractivity contribution in [3.63, 3.8) is 0 Å². The number of thiophene rings is 1. The Bertz CT molecular complexity index is 748. The van der Waals surface area contributed by atoms with Gasteiger partial charge < -0.3 is 10.3 Å². The summed E-state index contributed by atoms with van der Waals surface area (Å²) in [5, 5.41) is 4.80. The van der Waals surface area contributed by atoms with E-state index in [-0.39, 0.29) is 6.04 Å². The summed E-state index contributed by atoms with van der Waals surface area (Å²) in [6.45, 7) is 3.01. The Labute approximate surface area is 138 Å². The van der Waals surface area contributed by atoms with Gasteiger partial charge in [-0.1, -0.05) is 41.4 Å². The van der Waals surface area contributed by atoms with E-state index in [1.165, 1.54) is 27.8 Å². The van der Waals surface area contributed by atoms with Crippen molar-refractivity contribution in [2.24, 2.45) is 0 Å². The summed E-state index contributed by atoms with van der Waals surface area (Å²) in [5.74, 6) is 0. The summed E-state index contributed by atoms with van der Waals surface area (Å²) in [5.41, 5.74) is 3.60. The third kappa shape index (κ3) is 3.27. The van der Waals surface area contributed by atoms with Crippen LogP contribution in [0.4, 0.5) is 0 Å². The zero-order valence-corrected chi connectivity index (χ0v) is 13.9. The van der Waals surface area contributed by atoms with Crippen molar-refractivity contribution in [2.75, 3.05) is 6.54 Å². The van der Waals surface area contributed by atoms with E-state index in [4.69, 9.17) is 23.2 Å². The predicted octanol–water partition coefficient (Wildman–Crippen LogP) is 5.43. The lowest BCUT2D eigenvalue weighted by Gasteiger charge is -2.12. The lowest BCUT2D eigenvalue weighted by atomic mass is 10.1. The lowest BCUT2D eigenvalue weighted by molar-refractivity contribution is 0.579. The number of benzene rings is 1. The fourth-order valence-electron chi connectivity index (χ4n) is 2.52. The number of halogens is 2. The number of hydrogen-bond acceptors (Lipinski definition) is 2. The number of nitrogens with one attached hydrogen (secondary N) is 2. The summed E-state index contributed by atoms with van der Waals surface area (Å²) in [6, 6.07) is 10.5. The molecule has 0 radical (unpaired) electrons. The molecular formula is C16H16Cl2N2S. The minimum Gasteiger partial charge on any atom is -0.361 e. The SMILES string of the molecule is CC(NCCc1c[nH]c2ccccc12)c1cc(Cl)sc1Cl. The average Bonchev–Trinajstić information content (AvgIpc) is 3.02. The molecule has 2 N–H and O–H groups in total. The summed E-state index contributed by atoms with van der Waals surface area (Å²) in [7, 11) is 0. The topological polar surface area (TPSA) is 27.8 Å². The molecule has 21 heavy (non-hydrogen) atoms. The van der Waals surface area contributed by atoms with Crippen LogP contribution in [0, 0.1) is 0 Å². The number of para-hydroxylation sites is 1. The molecule has 0 aliphatic carbocycles. The Hall–Kier alpha value is -1.000. The van der Waals surface area contributed by atoms with Crippen molar-refractivity contribution in [3.8, 4) is 0 Å². The van der Waals surface area contributed by atoms with E-state index in [9.17, 15) is 0 Å². The van der Waals surface area contributed by atoms with Gasteiger partial charge >= 0.3 is 0 Å². The number of fused-ring (bicyclic) bond motifs is 1. The van der Waals surface area contributed by atoms with E-state index >= 15 is 0 Å². The highest BCUT2D eigenvalue weighted by atomic mass is 35.5. The molecule has 1 aromatic carbocycles. The van der Waals surface area contributed by atoms with Crippen molar-refractivity contribution in [1.29, 1.82) is 0 Å². The molecule has 0 spiro atoms. The number of aromatic nitrogens is 1. The van der Waals surface area contributed by atoms with Gasteiger partial charge in [-0.2, -0.15) is 0 Å². The van der Waals surface area contributed by atoms with Crippen molar-refractivity contribution in [1.82, 2.24) is 10.3 Å². The number of H-pyrrole nitrogens is 1. The minimum absolute atomic E-state index is 0.200. The molecule has 5 heteroatoms. The second kappa shape index (κ2) is 6.41. The monoisotopic (exact) mass is 338 g/mol. The van der Waals surface area contributed by atoms with E-state index in [1.54, 1.807) is 0 Å². The van der Waals surface area contributed by atoms with Gasteiger partial charge in [-0.25, -0.2) is 0 Å². The Kier molecular flexibility index (Phi) is 4.55. The summed E-state index contributed by atoms with van der Waals surface area (Å²) in [4.78, 5) is 3.31. The van der Waals surface area contributed by atoms with Crippen LogP contribution in [0.5, 0.6) is 0 Å². The van der Waals surface area contributed by atoms with Crippen LogP contribution in [0.15, 0.2) is 36.5 Å². The maximum absolute atomic E-state index is 6.19. The highest BCUT2D eigenvalue weighted by Gasteiger charge is 2.13. The molecular weight excluding hydrogens is 323 g/mol. The molecule has 0 amide bonds. The highest BCUT2D eigenvalue weighted by molar-refractivity contribution is 7.20. The summed E-state index contributed by atoms with van der Waals surface area (Å²) < 4.78 is 1.51. The molecule has 0 aliphatic rings. The first kappa shape index (κ1) is 14.9. The van der Waals surface area contributed by atoms with Crippen LogP contribution in [0.25, 0.3) is 10.9 Å². The highest BCUT2D eigenvalue weighted by Crippen LogP contribution is 2.34.